The molecule has 1 unspecified atom stereocenters. The summed E-state index contributed by atoms with van der Waals surface area (Å²) < 4.78 is 0. The molecule has 1 atom stereocenters. The normalized spacial score (nSPS) is 12.6. The van der Waals surface area contributed by atoms with Gasteiger partial charge >= 0.3 is 0 Å². The maximum Gasteiger partial charge on any atom is 0.0737 e. The Morgan fingerprint density at radius 3 is 2.94 bits per heavy atom. The zero-order chi connectivity index (χ0) is 13.0. The molecule has 0 radical (unpaired) electrons. The molecule has 1 heterocycles. The Bertz CT molecular complexity index is 530. The number of fused-ring (bicyclic) bond motifs is 1. The number of nitrogens with zero attached hydrogens (tertiary/aromatic N) is 1. The molecule has 2 rings (SSSR count). The van der Waals surface area contributed by atoms with E-state index in [0.29, 0.717) is 5.02 Å². The van der Waals surface area contributed by atoms with Crippen LogP contribution in [0.4, 0.5) is 5.69 Å². The van der Waals surface area contributed by atoms with Crippen molar-refractivity contribution in [3.05, 3.63) is 35.5 Å². The first-order valence-corrected chi connectivity index (χ1v) is 6.54. The van der Waals surface area contributed by atoms with E-state index in [1.54, 1.807) is 6.20 Å². The van der Waals surface area contributed by atoms with E-state index in [1.807, 2.05) is 24.3 Å². The number of aliphatic hydroxyl groups is 1. The summed E-state index contributed by atoms with van der Waals surface area (Å²) >= 11 is 5.96. The fraction of sp³-hybridized carbons (Fsp3) is 0.357. The van der Waals surface area contributed by atoms with Crippen LogP contribution in [0.3, 0.4) is 0 Å². The van der Waals surface area contributed by atoms with Crippen LogP contribution in [0.15, 0.2) is 30.5 Å². The van der Waals surface area contributed by atoms with Crippen molar-refractivity contribution < 1.29 is 5.11 Å². The van der Waals surface area contributed by atoms with E-state index < -0.39 is 0 Å². The summed E-state index contributed by atoms with van der Waals surface area (Å²) in [5.74, 6) is 0. The van der Waals surface area contributed by atoms with Gasteiger partial charge in [0, 0.05) is 34.9 Å². The first-order valence-electron chi connectivity index (χ1n) is 6.16. The molecule has 96 valence electrons. The smallest absolute Gasteiger partial charge is 0.0737 e. The number of hydrogen-bond donors (Lipinski definition) is 2. The molecule has 18 heavy (non-hydrogen) atoms. The largest absolute Gasteiger partial charge is 0.396 e. The van der Waals surface area contributed by atoms with Crippen LogP contribution in [-0.2, 0) is 0 Å². The van der Waals surface area contributed by atoms with Crippen LogP contribution in [-0.4, -0.2) is 22.7 Å². The predicted molar refractivity (Wildman–Crippen MR) is 76.2 cm³/mol. The van der Waals surface area contributed by atoms with Crippen LogP contribution in [0, 0.1) is 0 Å². The lowest BCUT2D eigenvalue weighted by Gasteiger charge is -2.18. The average molecular weight is 265 g/mol. The molecule has 0 spiro atoms. The number of rotatable bonds is 5. The van der Waals surface area contributed by atoms with Gasteiger partial charge in [-0.05, 0) is 37.1 Å². The van der Waals surface area contributed by atoms with Crippen molar-refractivity contribution in [1.82, 2.24) is 4.98 Å². The molecule has 0 aliphatic rings. The number of hydrogen-bond acceptors (Lipinski definition) is 3. The van der Waals surface area contributed by atoms with Gasteiger partial charge in [0.05, 0.1) is 5.52 Å². The van der Waals surface area contributed by atoms with Crippen molar-refractivity contribution in [2.75, 3.05) is 11.9 Å². The molecular formula is C14H17ClN2O. The van der Waals surface area contributed by atoms with Crippen LogP contribution in [0.25, 0.3) is 10.9 Å². The third-order valence-corrected chi connectivity index (χ3v) is 3.27. The van der Waals surface area contributed by atoms with Crippen molar-refractivity contribution in [3.63, 3.8) is 0 Å². The number of benzene rings is 1. The van der Waals surface area contributed by atoms with Crippen molar-refractivity contribution in [2.45, 2.75) is 25.8 Å². The van der Waals surface area contributed by atoms with Crippen molar-refractivity contribution >= 4 is 28.2 Å². The van der Waals surface area contributed by atoms with E-state index in [0.717, 1.165) is 29.4 Å². The first-order chi connectivity index (χ1) is 8.74. The SMILES string of the molecule is CCC(CCO)Nc1ccnc2cc(Cl)ccc12. The summed E-state index contributed by atoms with van der Waals surface area (Å²) in [5.41, 5.74) is 1.92. The Labute approximate surface area is 112 Å². The maximum absolute atomic E-state index is 9.03. The van der Waals surface area contributed by atoms with Crippen LogP contribution in [0.1, 0.15) is 19.8 Å². The van der Waals surface area contributed by atoms with Crippen molar-refractivity contribution in [3.8, 4) is 0 Å². The van der Waals surface area contributed by atoms with Gasteiger partial charge in [-0.15, -0.1) is 0 Å². The van der Waals surface area contributed by atoms with Gasteiger partial charge in [-0.2, -0.15) is 0 Å². The molecule has 0 amide bonds. The molecule has 1 aromatic carbocycles. The minimum Gasteiger partial charge on any atom is -0.396 e. The fourth-order valence-corrected chi connectivity index (χ4v) is 2.17. The maximum atomic E-state index is 9.03. The molecule has 3 nitrogen and oxygen atoms in total. The molecule has 0 aliphatic heterocycles. The summed E-state index contributed by atoms with van der Waals surface area (Å²) in [4.78, 5) is 4.31. The van der Waals surface area contributed by atoms with E-state index in [4.69, 9.17) is 16.7 Å². The van der Waals surface area contributed by atoms with Gasteiger partial charge in [0.2, 0.25) is 0 Å². The average Bonchev–Trinajstić information content (AvgIpc) is 2.38. The highest BCUT2D eigenvalue weighted by Gasteiger charge is 2.08. The highest BCUT2D eigenvalue weighted by molar-refractivity contribution is 6.31. The second kappa shape index (κ2) is 6.03. The number of aromatic nitrogens is 1. The van der Waals surface area contributed by atoms with E-state index in [2.05, 4.69) is 17.2 Å². The topological polar surface area (TPSA) is 45.1 Å². The van der Waals surface area contributed by atoms with Gasteiger partial charge in [0.15, 0.2) is 0 Å². The lowest BCUT2D eigenvalue weighted by Crippen LogP contribution is -2.19. The van der Waals surface area contributed by atoms with Gasteiger partial charge in [-0.1, -0.05) is 18.5 Å². The zero-order valence-electron chi connectivity index (χ0n) is 10.4. The Kier molecular flexibility index (Phi) is 4.39. The molecule has 1 aromatic heterocycles. The summed E-state index contributed by atoms with van der Waals surface area (Å²) in [6, 6.07) is 7.92. The Balaban J connectivity index is 2.32. The summed E-state index contributed by atoms with van der Waals surface area (Å²) in [6.07, 6.45) is 3.48. The minimum atomic E-state index is 0.195. The molecule has 2 aromatic rings. The summed E-state index contributed by atoms with van der Waals surface area (Å²) in [5, 5.41) is 14.2. The number of aliphatic hydroxyl groups excluding tert-OH is 1. The number of nitrogens with one attached hydrogen (secondary N) is 1. The molecule has 4 heteroatoms. The number of pyridine rings is 1. The van der Waals surface area contributed by atoms with E-state index in [1.165, 1.54) is 0 Å². The fourth-order valence-electron chi connectivity index (χ4n) is 2.00. The molecule has 0 saturated carbocycles. The molecule has 2 N–H and O–H groups in total. The van der Waals surface area contributed by atoms with Crippen molar-refractivity contribution in [1.29, 1.82) is 0 Å². The highest BCUT2D eigenvalue weighted by atomic mass is 35.5. The highest BCUT2D eigenvalue weighted by Crippen LogP contribution is 2.25. The molecule has 0 bridgehead atoms. The van der Waals surface area contributed by atoms with Gasteiger partial charge in [0.25, 0.3) is 0 Å². The summed E-state index contributed by atoms with van der Waals surface area (Å²) in [7, 11) is 0. The second-order valence-electron chi connectivity index (χ2n) is 4.28. The van der Waals surface area contributed by atoms with E-state index in [9.17, 15) is 0 Å². The third kappa shape index (κ3) is 2.92. The van der Waals surface area contributed by atoms with Crippen molar-refractivity contribution in [2.24, 2.45) is 0 Å². The number of anilines is 1. The first kappa shape index (κ1) is 13.1. The van der Waals surface area contributed by atoms with E-state index in [-0.39, 0.29) is 12.6 Å². The Morgan fingerprint density at radius 1 is 1.39 bits per heavy atom. The second-order valence-corrected chi connectivity index (χ2v) is 4.72. The van der Waals surface area contributed by atoms with Crippen LogP contribution >= 0.6 is 11.6 Å². The van der Waals surface area contributed by atoms with Crippen LogP contribution in [0.5, 0.6) is 0 Å². The standard InChI is InChI=1S/C14H17ClN2O/c1-2-11(6-8-18)17-13-5-7-16-14-9-10(15)3-4-12(13)14/h3-5,7,9,11,18H,2,6,8H2,1H3,(H,16,17). The lowest BCUT2D eigenvalue weighted by molar-refractivity contribution is 0.278. The van der Waals surface area contributed by atoms with Crippen LogP contribution < -0.4 is 5.32 Å². The zero-order valence-corrected chi connectivity index (χ0v) is 11.1. The Morgan fingerprint density at radius 2 is 2.22 bits per heavy atom. The predicted octanol–water partition coefficient (Wildman–Crippen LogP) is 3.46. The molecular weight excluding hydrogens is 248 g/mol. The van der Waals surface area contributed by atoms with Gasteiger partial charge < -0.3 is 10.4 Å². The molecule has 0 aliphatic carbocycles. The monoisotopic (exact) mass is 264 g/mol. The minimum absolute atomic E-state index is 0.195. The quantitative estimate of drug-likeness (QED) is 0.869. The number of halogens is 1. The molecule has 0 fully saturated rings. The molecule has 0 saturated heterocycles. The van der Waals surface area contributed by atoms with Gasteiger partial charge in [0.1, 0.15) is 0 Å². The lowest BCUT2D eigenvalue weighted by atomic mass is 10.1. The third-order valence-electron chi connectivity index (χ3n) is 3.03. The van der Waals surface area contributed by atoms with Gasteiger partial charge in [-0.25, -0.2) is 0 Å². The van der Waals surface area contributed by atoms with Gasteiger partial charge in [-0.3, -0.25) is 4.98 Å². The summed E-state index contributed by atoms with van der Waals surface area (Å²) in [6.45, 7) is 2.30. The van der Waals surface area contributed by atoms with E-state index >= 15 is 0 Å². The van der Waals surface area contributed by atoms with Crippen LogP contribution in [0.2, 0.25) is 5.02 Å². The Hall–Kier alpha value is -1.32.